The molecule has 1 aromatic heterocycles. The first-order valence-corrected chi connectivity index (χ1v) is 14.8. The third-order valence-electron chi connectivity index (χ3n) is 7.93. The van der Waals surface area contributed by atoms with Crippen LogP contribution in [-0.4, -0.2) is 58.9 Å². The summed E-state index contributed by atoms with van der Waals surface area (Å²) in [4.78, 5) is 19.6. The topological polar surface area (TPSA) is 97.2 Å². The Bertz CT molecular complexity index is 1080. The molecule has 2 aromatic rings. The maximum Gasteiger partial charge on any atom is 0.241 e. The summed E-state index contributed by atoms with van der Waals surface area (Å²) in [6.45, 7) is 3.75. The summed E-state index contributed by atoms with van der Waals surface area (Å²) in [5.74, 6) is -0.0264. The minimum absolute atomic E-state index is 0.0388. The van der Waals surface area contributed by atoms with Gasteiger partial charge >= 0.3 is 0 Å². The number of halogens is 1. The monoisotopic (exact) mass is 519 g/mol. The van der Waals surface area contributed by atoms with E-state index >= 15 is 0 Å². The molecule has 1 saturated carbocycles. The summed E-state index contributed by atoms with van der Waals surface area (Å²) in [5, 5.41) is 4.36. The van der Waals surface area contributed by atoms with E-state index in [0.717, 1.165) is 19.4 Å². The van der Waals surface area contributed by atoms with E-state index < -0.39 is 16.1 Å². The van der Waals surface area contributed by atoms with Crippen LogP contribution in [0.4, 0.5) is 4.39 Å². The first kappa shape index (κ1) is 26.7. The van der Waals surface area contributed by atoms with E-state index in [1.165, 1.54) is 44.2 Å². The lowest BCUT2D eigenvalue weighted by atomic mass is 9.63. The van der Waals surface area contributed by atoms with E-state index in [-0.39, 0.29) is 29.3 Å². The van der Waals surface area contributed by atoms with Crippen molar-refractivity contribution in [3.8, 4) is 0 Å². The molecule has 0 bridgehead atoms. The number of sulfonamides is 1. The third kappa shape index (κ3) is 6.70. The zero-order chi connectivity index (χ0) is 25.6. The van der Waals surface area contributed by atoms with Crippen LogP contribution in [0.3, 0.4) is 0 Å². The van der Waals surface area contributed by atoms with Gasteiger partial charge in [-0.15, -0.1) is 0 Å². The molecule has 2 fully saturated rings. The molecule has 10 heteroatoms. The van der Waals surface area contributed by atoms with Gasteiger partial charge in [0.1, 0.15) is 24.5 Å². The SMILES string of the molecule is CCCS(=O)(=O)NC(Cc1ccc(F)cc1)C(=O)N1CCC(Cn2cncn2)(C2CCCCC2)CC1. The van der Waals surface area contributed by atoms with Gasteiger partial charge in [-0.05, 0) is 67.6 Å². The summed E-state index contributed by atoms with van der Waals surface area (Å²) >= 11 is 0. The summed E-state index contributed by atoms with van der Waals surface area (Å²) in [5.41, 5.74) is 0.771. The normalized spacial score (nSPS) is 19.8. The molecule has 8 nitrogen and oxygen atoms in total. The van der Waals surface area contributed by atoms with Crippen molar-refractivity contribution in [2.45, 2.75) is 77.3 Å². The molecule has 1 amide bonds. The lowest BCUT2D eigenvalue weighted by molar-refractivity contribution is -0.136. The molecule has 1 unspecified atom stereocenters. The van der Waals surface area contributed by atoms with Gasteiger partial charge in [-0.2, -0.15) is 5.10 Å². The van der Waals surface area contributed by atoms with Crippen LogP contribution in [0.5, 0.6) is 0 Å². The molecule has 1 N–H and O–H groups in total. The van der Waals surface area contributed by atoms with Crippen LogP contribution in [0.25, 0.3) is 0 Å². The van der Waals surface area contributed by atoms with Gasteiger partial charge in [0.2, 0.25) is 15.9 Å². The smallest absolute Gasteiger partial charge is 0.241 e. The van der Waals surface area contributed by atoms with Gasteiger partial charge in [0.25, 0.3) is 0 Å². The number of rotatable bonds is 10. The Morgan fingerprint density at radius 3 is 2.47 bits per heavy atom. The molecule has 0 radical (unpaired) electrons. The Morgan fingerprint density at radius 2 is 1.86 bits per heavy atom. The first-order chi connectivity index (χ1) is 17.3. The molecule has 36 heavy (non-hydrogen) atoms. The van der Waals surface area contributed by atoms with Crippen LogP contribution in [0.15, 0.2) is 36.9 Å². The quantitative estimate of drug-likeness (QED) is 0.518. The molecular weight excluding hydrogens is 481 g/mol. The highest BCUT2D eigenvalue weighted by molar-refractivity contribution is 7.89. The Labute approximate surface area is 213 Å². The molecular formula is C26H38FN5O3S. The molecule has 2 aliphatic rings. The average molecular weight is 520 g/mol. The van der Waals surface area contributed by atoms with E-state index in [0.29, 0.717) is 31.0 Å². The number of amides is 1. The van der Waals surface area contributed by atoms with Crippen molar-refractivity contribution in [2.75, 3.05) is 18.8 Å². The van der Waals surface area contributed by atoms with Gasteiger partial charge in [0.05, 0.1) is 5.75 Å². The summed E-state index contributed by atoms with van der Waals surface area (Å²) < 4.78 is 43.2. The maximum atomic E-state index is 13.7. The number of carbonyl (C=O) groups is 1. The zero-order valence-corrected chi connectivity index (χ0v) is 21.9. The molecule has 1 aliphatic carbocycles. The first-order valence-electron chi connectivity index (χ1n) is 13.2. The minimum Gasteiger partial charge on any atom is -0.341 e. The highest BCUT2D eigenvalue weighted by atomic mass is 32.2. The van der Waals surface area contributed by atoms with E-state index in [2.05, 4.69) is 14.8 Å². The molecule has 1 aromatic carbocycles. The number of nitrogens with zero attached hydrogens (tertiary/aromatic N) is 4. The van der Waals surface area contributed by atoms with E-state index in [1.54, 1.807) is 31.7 Å². The zero-order valence-electron chi connectivity index (χ0n) is 21.1. The largest absolute Gasteiger partial charge is 0.341 e. The van der Waals surface area contributed by atoms with E-state index in [1.807, 2.05) is 9.58 Å². The van der Waals surface area contributed by atoms with Crippen molar-refractivity contribution < 1.29 is 17.6 Å². The maximum absolute atomic E-state index is 13.7. The molecule has 2 heterocycles. The fourth-order valence-corrected chi connectivity index (χ4v) is 7.29. The fourth-order valence-electron chi connectivity index (χ4n) is 6.02. The summed E-state index contributed by atoms with van der Waals surface area (Å²) in [6, 6.07) is 4.96. The van der Waals surface area contributed by atoms with Crippen molar-refractivity contribution in [1.29, 1.82) is 0 Å². The van der Waals surface area contributed by atoms with Gasteiger partial charge < -0.3 is 4.90 Å². The van der Waals surface area contributed by atoms with Crippen LogP contribution < -0.4 is 4.72 Å². The summed E-state index contributed by atoms with van der Waals surface area (Å²) in [6.07, 6.45) is 11.9. The van der Waals surface area contributed by atoms with Crippen molar-refractivity contribution in [3.05, 3.63) is 48.3 Å². The molecule has 4 rings (SSSR count). The second-order valence-corrected chi connectivity index (χ2v) is 12.3. The number of benzene rings is 1. The molecule has 1 aliphatic heterocycles. The van der Waals surface area contributed by atoms with E-state index in [4.69, 9.17) is 0 Å². The van der Waals surface area contributed by atoms with Crippen molar-refractivity contribution in [2.24, 2.45) is 11.3 Å². The Hall–Kier alpha value is -2.33. The minimum atomic E-state index is -3.61. The lowest BCUT2D eigenvalue weighted by Crippen LogP contribution is -2.54. The number of carbonyl (C=O) groups excluding carboxylic acids is 1. The standard InChI is InChI=1S/C26H38FN5O3S/c1-2-16-36(34,35)30-24(17-21-8-10-23(27)11-9-21)25(33)31-14-12-26(13-15-31,18-32-20-28-19-29-32)22-6-4-3-5-7-22/h8-11,19-20,22,24,30H,2-7,12-18H2,1H3. The van der Waals surface area contributed by atoms with Crippen LogP contribution >= 0.6 is 0 Å². The number of hydrogen-bond donors (Lipinski definition) is 1. The number of aromatic nitrogens is 3. The van der Waals surface area contributed by atoms with Gasteiger partial charge in [-0.1, -0.05) is 38.3 Å². The van der Waals surface area contributed by atoms with Gasteiger partial charge in [-0.3, -0.25) is 9.48 Å². The second kappa shape index (κ2) is 11.8. The van der Waals surface area contributed by atoms with Gasteiger partial charge in [0, 0.05) is 19.6 Å². The Kier molecular flexibility index (Phi) is 8.77. The summed E-state index contributed by atoms with van der Waals surface area (Å²) in [7, 11) is -3.61. The molecule has 1 saturated heterocycles. The number of hydrogen-bond acceptors (Lipinski definition) is 5. The average Bonchev–Trinajstić information content (AvgIpc) is 3.38. The van der Waals surface area contributed by atoms with Gasteiger partial charge in [-0.25, -0.2) is 22.5 Å². The Morgan fingerprint density at radius 1 is 1.17 bits per heavy atom. The predicted octanol–water partition coefficient (Wildman–Crippen LogP) is 3.55. The number of nitrogens with one attached hydrogen (secondary N) is 1. The highest BCUT2D eigenvalue weighted by Gasteiger charge is 2.44. The Balaban J connectivity index is 1.50. The van der Waals surface area contributed by atoms with E-state index in [9.17, 15) is 17.6 Å². The van der Waals surface area contributed by atoms with Crippen LogP contribution in [-0.2, 0) is 27.8 Å². The second-order valence-electron chi connectivity index (χ2n) is 10.4. The van der Waals surface area contributed by atoms with Gasteiger partial charge in [0.15, 0.2) is 0 Å². The molecule has 0 spiro atoms. The fraction of sp³-hybridized carbons (Fsp3) is 0.654. The van der Waals surface area contributed by atoms with Crippen molar-refractivity contribution in [3.63, 3.8) is 0 Å². The number of piperidine rings is 1. The van der Waals surface area contributed by atoms with Crippen molar-refractivity contribution >= 4 is 15.9 Å². The predicted molar refractivity (Wildman–Crippen MR) is 136 cm³/mol. The highest BCUT2D eigenvalue weighted by Crippen LogP contribution is 2.47. The van der Waals surface area contributed by atoms with Crippen LogP contribution in [0.1, 0.15) is 63.9 Å². The molecule has 198 valence electrons. The lowest BCUT2D eigenvalue weighted by Gasteiger charge is -2.48. The number of likely N-dealkylation sites (tertiary alicyclic amines) is 1. The third-order valence-corrected chi connectivity index (χ3v) is 9.52. The van der Waals surface area contributed by atoms with Crippen LogP contribution in [0, 0.1) is 17.2 Å². The van der Waals surface area contributed by atoms with Crippen LogP contribution in [0.2, 0.25) is 0 Å². The molecule has 1 atom stereocenters. The van der Waals surface area contributed by atoms with Crippen molar-refractivity contribution in [1.82, 2.24) is 24.4 Å².